The van der Waals surface area contributed by atoms with Gasteiger partial charge in [0, 0.05) is 32.2 Å². The molecule has 0 aliphatic carbocycles. The van der Waals surface area contributed by atoms with Crippen molar-refractivity contribution < 1.29 is 27.4 Å². The molecule has 2 atom stereocenters. The third-order valence-electron chi connectivity index (χ3n) is 8.09. The number of benzene rings is 2. The van der Waals surface area contributed by atoms with Crippen molar-refractivity contribution in [1.82, 2.24) is 14.1 Å². The largest absolute Gasteiger partial charge is 0.493 e. The second-order valence-corrected chi connectivity index (χ2v) is 12.4. The van der Waals surface area contributed by atoms with Crippen LogP contribution in [0.3, 0.4) is 0 Å². The van der Waals surface area contributed by atoms with Crippen molar-refractivity contribution in [3.8, 4) is 11.5 Å². The lowest BCUT2D eigenvalue weighted by molar-refractivity contribution is -0.134. The molecule has 1 amide bonds. The highest BCUT2D eigenvalue weighted by atomic mass is 32.2. The van der Waals surface area contributed by atoms with Gasteiger partial charge in [-0.1, -0.05) is 42.5 Å². The number of hydrogen-bond acceptors (Lipinski definition) is 7. The standard InChI is InChI=1S/C30H39N3O6S/c1-37-27-20-25(29(21-28(27)38-2)40(35,36)32-16-18-39-19-17-32)24-12-6-7-15-33(30(24)34)26(22-31-13-8-9-14-31)23-10-4-3-5-11-23/h3-7,10-11,20-21,24,26H,8-9,12-19,22H2,1-2H3/t24?,26-/m1/s1. The Kier molecular flexibility index (Phi) is 9.10. The molecular formula is C30H39N3O6S. The quantitative estimate of drug-likeness (QED) is 0.428. The van der Waals surface area contributed by atoms with Crippen LogP contribution in [-0.4, -0.2) is 95.1 Å². The number of likely N-dealkylation sites (tertiary alicyclic amines) is 1. The van der Waals surface area contributed by atoms with Gasteiger partial charge in [0.15, 0.2) is 11.5 Å². The topological polar surface area (TPSA) is 88.6 Å². The smallest absolute Gasteiger partial charge is 0.243 e. The Hall–Kier alpha value is -2.92. The molecule has 2 saturated heterocycles. The number of carbonyl (C=O) groups excluding carboxylic acids is 1. The molecule has 9 nitrogen and oxygen atoms in total. The molecule has 0 N–H and O–H groups in total. The number of sulfonamides is 1. The summed E-state index contributed by atoms with van der Waals surface area (Å²) in [6.45, 7) is 4.40. The SMILES string of the molecule is COc1cc(C2CC=CCN([C@H](CN3CCCC3)c3ccccc3)C2=O)c(S(=O)(=O)N2CCOCC2)cc1OC. The van der Waals surface area contributed by atoms with E-state index in [0.717, 1.165) is 38.0 Å². The lowest BCUT2D eigenvalue weighted by Gasteiger charge is -2.36. The molecule has 2 aromatic carbocycles. The molecule has 0 bridgehead atoms. The molecule has 0 saturated carbocycles. The molecule has 3 aliphatic rings. The van der Waals surface area contributed by atoms with Crippen molar-refractivity contribution in [2.75, 3.05) is 66.7 Å². The number of rotatable bonds is 9. The Morgan fingerprint density at radius 1 is 0.950 bits per heavy atom. The van der Waals surface area contributed by atoms with Crippen LogP contribution < -0.4 is 9.47 Å². The Bertz CT molecular complexity index is 1300. The number of morpholine rings is 1. The van der Waals surface area contributed by atoms with Crippen molar-refractivity contribution in [2.24, 2.45) is 0 Å². The van der Waals surface area contributed by atoms with Crippen molar-refractivity contribution >= 4 is 15.9 Å². The van der Waals surface area contributed by atoms with Crippen LogP contribution in [0.5, 0.6) is 11.5 Å². The number of carbonyl (C=O) groups is 1. The maximum atomic E-state index is 14.5. The van der Waals surface area contributed by atoms with Gasteiger partial charge in [-0.15, -0.1) is 0 Å². The summed E-state index contributed by atoms with van der Waals surface area (Å²) in [5.41, 5.74) is 1.50. The maximum absolute atomic E-state index is 14.5. The molecule has 216 valence electrons. The molecule has 0 aromatic heterocycles. The Morgan fingerprint density at radius 3 is 2.30 bits per heavy atom. The maximum Gasteiger partial charge on any atom is 0.243 e. The van der Waals surface area contributed by atoms with Crippen molar-refractivity contribution in [3.05, 3.63) is 65.7 Å². The minimum atomic E-state index is -3.93. The number of amides is 1. The first kappa shape index (κ1) is 28.6. The summed E-state index contributed by atoms with van der Waals surface area (Å²) in [6.07, 6.45) is 6.72. The zero-order valence-corrected chi connectivity index (χ0v) is 24.1. The van der Waals surface area contributed by atoms with Gasteiger partial charge < -0.3 is 24.0 Å². The van der Waals surface area contributed by atoms with Crippen LogP contribution in [0.25, 0.3) is 0 Å². The average Bonchev–Trinajstić information content (AvgIpc) is 3.44. The van der Waals surface area contributed by atoms with E-state index in [0.29, 0.717) is 43.2 Å². The van der Waals surface area contributed by atoms with Gasteiger partial charge in [0.25, 0.3) is 0 Å². The number of hydrogen-bond donors (Lipinski definition) is 0. The average molecular weight is 570 g/mol. The highest BCUT2D eigenvalue weighted by Gasteiger charge is 2.38. The van der Waals surface area contributed by atoms with E-state index in [2.05, 4.69) is 17.0 Å². The highest BCUT2D eigenvalue weighted by molar-refractivity contribution is 7.89. The van der Waals surface area contributed by atoms with E-state index in [1.807, 2.05) is 35.3 Å². The fraction of sp³-hybridized carbons (Fsp3) is 0.500. The van der Waals surface area contributed by atoms with E-state index in [4.69, 9.17) is 14.2 Å². The second kappa shape index (κ2) is 12.7. The molecule has 0 radical (unpaired) electrons. The zero-order chi connectivity index (χ0) is 28.1. The van der Waals surface area contributed by atoms with Gasteiger partial charge in [-0.3, -0.25) is 4.79 Å². The first-order chi connectivity index (χ1) is 19.4. The molecule has 3 heterocycles. The minimum absolute atomic E-state index is 0.0801. The van der Waals surface area contributed by atoms with Crippen LogP contribution in [0.2, 0.25) is 0 Å². The van der Waals surface area contributed by atoms with Crippen molar-refractivity contribution in [3.63, 3.8) is 0 Å². The summed E-state index contributed by atoms with van der Waals surface area (Å²) in [4.78, 5) is 18.9. The number of ether oxygens (including phenoxy) is 3. The second-order valence-electron chi connectivity index (χ2n) is 10.4. The van der Waals surface area contributed by atoms with Crippen LogP contribution in [-0.2, 0) is 19.6 Å². The Morgan fingerprint density at radius 2 is 1.62 bits per heavy atom. The molecular weight excluding hydrogens is 530 g/mol. The summed E-state index contributed by atoms with van der Waals surface area (Å²) in [6, 6.07) is 13.2. The van der Waals surface area contributed by atoms with Crippen LogP contribution in [0, 0.1) is 0 Å². The molecule has 10 heteroatoms. The van der Waals surface area contributed by atoms with Gasteiger partial charge in [-0.2, -0.15) is 4.31 Å². The number of methoxy groups -OCH3 is 2. The van der Waals surface area contributed by atoms with Crippen LogP contribution in [0.1, 0.15) is 42.3 Å². The summed E-state index contributed by atoms with van der Waals surface area (Å²) in [5, 5.41) is 0. The molecule has 2 fully saturated rings. The minimum Gasteiger partial charge on any atom is -0.493 e. The molecule has 2 aromatic rings. The van der Waals surface area contributed by atoms with Crippen LogP contribution in [0.4, 0.5) is 0 Å². The van der Waals surface area contributed by atoms with Gasteiger partial charge in [0.1, 0.15) is 0 Å². The van der Waals surface area contributed by atoms with Crippen molar-refractivity contribution in [2.45, 2.75) is 36.1 Å². The molecule has 40 heavy (non-hydrogen) atoms. The fourth-order valence-corrected chi connectivity index (χ4v) is 7.58. The summed E-state index contributed by atoms with van der Waals surface area (Å²) < 4.78 is 45.9. The van der Waals surface area contributed by atoms with Gasteiger partial charge >= 0.3 is 0 Å². The van der Waals surface area contributed by atoms with Gasteiger partial charge in [-0.25, -0.2) is 8.42 Å². The van der Waals surface area contributed by atoms with E-state index in [1.54, 1.807) is 6.07 Å². The molecule has 3 aliphatic heterocycles. The zero-order valence-electron chi connectivity index (χ0n) is 23.3. The summed E-state index contributed by atoms with van der Waals surface area (Å²) >= 11 is 0. The Labute approximate surface area is 237 Å². The number of nitrogens with zero attached hydrogens (tertiary/aromatic N) is 3. The predicted octanol–water partition coefficient (Wildman–Crippen LogP) is 3.43. The van der Waals surface area contributed by atoms with Crippen LogP contribution in [0.15, 0.2) is 59.5 Å². The third-order valence-corrected chi connectivity index (χ3v) is 10.0. The summed E-state index contributed by atoms with van der Waals surface area (Å²) in [5.74, 6) is -0.0942. The Balaban J connectivity index is 1.58. The molecule has 0 spiro atoms. The first-order valence-corrected chi connectivity index (χ1v) is 15.4. The lowest BCUT2D eigenvalue weighted by Crippen LogP contribution is -2.43. The van der Waals surface area contributed by atoms with Gasteiger partial charge in [0.05, 0.1) is 44.3 Å². The molecule has 5 rings (SSSR count). The van der Waals surface area contributed by atoms with E-state index < -0.39 is 15.9 Å². The predicted molar refractivity (Wildman–Crippen MR) is 152 cm³/mol. The van der Waals surface area contributed by atoms with Crippen LogP contribution >= 0.6 is 0 Å². The van der Waals surface area contributed by atoms with Gasteiger partial charge in [0.2, 0.25) is 15.9 Å². The van der Waals surface area contributed by atoms with E-state index >= 15 is 0 Å². The van der Waals surface area contributed by atoms with Gasteiger partial charge in [-0.05, 0) is 49.5 Å². The van der Waals surface area contributed by atoms with E-state index in [9.17, 15) is 13.2 Å². The van der Waals surface area contributed by atoms with E-state index in [-0.39, 0.29) is 29.9 Å². The fourth-order valence-electron chi connectivity index (χ4n) is 5.92. The molecule has 1 unspecified atom stereocenters. The highest BCUT2D eigenvalue weighted by Crippen LogP contribution is 2.41. The first-order valence-electron chi connectivity index (χ1n) is 14.0. The van der Waals surface area contributed by atoms with Crippen molar-refractivity contribution in [1.29, 1.82) is 0 Å². The normalized spacial score (nSPS) is 21.8. The number of allylic oxidation sites excluding steroid dienone is 1. The summed E-state index contributed by atoms with van der Waals surface area (Å²) in [7, 11) is -0.936. The monoisotopic (exact) mass is 569 g/mol. The van der Waals surface area contributed by atoms with E-state index in [1.165, 1.54) is 24.6 Å². The lowest BCUT2D eigenvalue weighted by atomic mass is 9.93. The third kappa shape index (κ3) is 5.90.